The van der Waals surface area contributed by atoms with Crippen molar-refractivity contribution >= 4 is 5.97 Å². The zero-order valence-electron chi connectivity index (χ0n) is 37.4. The number of carbonyl (C=O) groups is 1. The molecule has 9 rings (SSSR count). The summed E-state index contributed by atoms with van der Waals surface area (Å²) in [5.41, 5.74) is 0.893. The summed E-state index contributed by atoms with van der Waals surface area (Å²) >= 11 is 0. The fourth-order valence-electron chi connectivity index (χ4n) is 18.7. The zero-order valence-corrected chi connectivity index (χ0v) is 37.4. The summed E-state index contributed by atoms with van der Waals surface area (Å²) in [4.78, 5) is 11.4. The van der Waals surface area contributed by atoms with Crippen LogP contribution in [-0.2, 0) is 4.79 Å². The van der Waals surface area contributed by atoms with Crippen molar-refractivity contribution in [1.29, 1.82) is 0 Å². The molecule has 0 aromatic rings. The summed E-state index contributed by atoms with van der Waals surface area (Å²) in [6.07, 6.45) is 13.9. The van der Waals surface area contributed by atoms with Crippen molar-refractivity contribution in [2.24, 2.45) is 92.7 Å². The van der Waals surface area contributed by atoms with E-state index >= 15 is 0 Å². The first kappa shape index (κ1) is 43.0. The molecule has 9 aliphatic carbocycles. The van der Waals surface area contributed by atoms with Crippen LogP contribution in [0.1, 0.15) is 151 Å². The summed E-state index contributed by atoms with van der Waals surface area (Å²) < 4.78 is 0. The highest BCUT2D eigenvalue weighted by atomic mass is 16.4. The summed E-state index contributed by atoms with van der Waals surface area (Å²) in [5.74, 6) is 3.48. The lowest BCUT2D eigenvalue weighted by atomic mass is 9.43. The molecule has 8 fully saturated rings. The van der Waals surface area contributed by atoms with Gasteiger partial charge in [-0.2, -0.15) is 0 Å². The number of aliphatic carboxylic acids is 1. The van der Waals surface area contributed by atoms with Crippen molar-refractivity contribution in [3.05, 3.63) is 11.3 Å². The highest BCUT2D eigenvalue weighted by Crippen LogP contribution is 2.71. The molecule has 0 aromatic heterocycles. The quantitative estimate of drug-likeness (QED) is 0.110. The number of hydrogen-bond acceptors (Lipinski definition) is 8. The van der Waals surface area contributed by atoms with Gasteiger partial charge in [0, 0.05) is 43.4 Å². The number of aliphatic hydroxyl groups is 5. The SMILES string of the molecule is CC(CCC(=O)O)C1CCC2C3C(C[C@H](O)[C@]12C)[C@@]1(C)CCC(NCCNC2CC[C@@]4(C)C(C2)C[C@@H](O)C2C4C[C@H](O)[C@@]4(C)C2CC2=C(O)CCC(C)C24)CC1C[C@H]3O. The van der Waals surface area contributed by atoms with Crippen LogP contribution in [0.4, 0.5) is 0 Å². The molecule has 14 unspecified atom stereocenters. The largest absolute Gasteiger partial charge is 0.512 e. The standard InChI is InChI=1S/C50H82N2O7/c1-26(8-12-43(58)59)33-9-10-34-44-35(24-41(56)49(33,34)5)47(3)15-13-30(19-28(47)21-39(44)54)51-17-18-52-31-14-16-48(4)29(20-31)22-40(55)45-36(48)25-42(57)50(6)37(45)23-32-38(53)11-7-27(2)46(32)50/h26-31,33-37,39-42,44-46,51-57H,7-25H2,1-6H3,(H,58,59)/t26?,27?,28?,29?,30?,31?,33?,34?,35?,36?,37?,39-,40-,41+,42+,44?,45?,46?,47+,48+,49-,50-/m1/s1. The first-order chi connectivity index (χ1) is 27.9. The minimum atomic E-state index is -0.744. The van der Waals surface area contributed by atoms with Crippen LogP contribution >= 0.6 is 0 Å². The highest BCUT2D eigenvalue weighted by Gasteiger charge is 2.68. The van der Waals surface area contributed by atoms with E-state index in [0.29, 0.717) is 59.8 Å². The number of carboxylic acids is 1. The van der Waals surface area contributed by atoms with Crippen LogP contribution in [0.15, 0.2) is 11.3 Å². The van der Waals surface area contributed by atoms with E-state index in [1.165, 1.54) is 5.57 Å². The molecule has 0 aromatic carbocycles. The molecule has 0 saturated heterocycles. The van der Waals surface area contributed by atoms with Crippen molar-refractivity contribution in [3.63, 3.8) is 0 Å². The van der Waals surface area contributed by atoms with Gasteiger partial charge in [-0.1, -0.05) is 41.5 Å². The molecule has 9 heteroatoms. The summed E-state index contributed by atoms with van der Waals surface area (Å²) in [7, 11) is 0. The number of nitrogens with one attached hydrogen (secondary N) is 2. The van der Waals surface area contributed by atoms with Crippen LogP contribution in [0.25, 0.3) is 0 Å². The van der Waals surface area contributed by atoms with Crippen LogP contribution in [0, 0.1) is 92.7 Å². The van der Waals surface area contributed by atoms with Gasteiger partial charge in [-0.05, 0) is 189 Å². The fraction of sp³-hybridized carbons (Fsp3) is 0.940. The maximum absolute atomic E-state index is 12.0. The van der Waals surface area contributed by atoms with Gasteiger partial charge in [-0.25, -0.2) is 0 Å². The third-order valence-electron chi connectivity index (χ3n) is 21.9. The number of carboxylic acid groups (broad SMARTS) is 1. The van der Waals surface area contributed by atoms with Gasteiger partial charge in [0.25, 0.3) is 0 Å². The van der Waals surface area contributed by atoms with Crippen LogP contribution in [0.2, 0.25) is 0 Å². The van der Waals surface area contributed by atoms with Crippen LogP contribution in [-0.4, -0.2) is 86.2 Å². The van der Waals surface area contributed by atoms with Gasteiger partial charge in [0.15, 0.2) is 0 Å². The minimum absolute atomic E-state index is 0.115. The number of aliphatic hydroxyl groups excluding tert-OH is 5. The smallest absolute Gasteiger partial charge is 0.303 e. The van der Waals surface area contributed by atoms with E-state index in [4.69, 9.17) is 0 Å². The molecule has 9 nitrogen and oxygen atoms in total. The molecule has 0 radical (unpaired) electrons. The molecule has 0 aliphatic heterocycles. The second kappa shape index (κ2) is 15.5. The number of allylic oxidation sites excluding steroid dienone is 2. The van der Waals surface area contributed by atoms with E-state index < -0.39 is 18.2 Å². The van der Waals surface area contributed by atoms with Crippen molar-refractivity contribution < 1.29 is 35.4 Å². The topological polar surface area (TPSA) is 163 Å². The molecule has 0 heterocycles. The summed E-state index contributed by atoms with van der Waals surface area (Å²) in [5, 5.41) is 76.1. The second-order valence-electron chi connectivity index (χ2n) is 23.9. The molecular formula is C50H82N2O7. The molecule has 8 N–H and O–H groups in total. The Morgan fingerprint density at radius 3 is 1.81 bits per heavy atom. The van der Waals surface area contributed by atoms with E-state index in [-0.39, 0.29) is 75.8 Å². The lowest BCUT2D eigenvalue weighted by Gasteiger charge is -2.64. The highest BCUT2D eigenvalue weighted by molar-refractivity contribution is 5.66. The first-order valence-electron chi connectivity index (χ1n) is 24.7. The van der Waals surface area contributed by atoms with Gasteiger partial charge in [0.1, 0.15) is 0 Å². The number of rotatable bonds is 9. The van der Waals surface area contributed by atoms with E-state index in [9.17, 15) is 35.4 Å². The Labute approximate surface area is 355 Å². The fourth-order valence-corrected chi connectivity index (χ4v) is 18.7. The molecule has 22 atom stereocenters. The third-order valence-corrected chi connectivity index (χ3v) is 21.9. The molecular weight excluding hydrogens is 741 g/mol. The molecule has 334 valence electrons. The van der Waals surface area contributed by atoms with Crippen molar-refractivity contribution in [1.82, 2.24) is 10.6 Å². The van der Waals surface area contributed by atoms with Crippen LogP contribution in [0.5, 0.6) is 0 Å². The van der Waals surface area contributed by atoms with Crippen molar-refractivity contribution in [2.75, 3.05) is 13.1 Å². The Balaban J connectivity index is 0.777. The van der Waals surface area contributed by atoms with Gasteiger partial charge in [0.05, 0.1) is 30.2 Å². The van der Waals surface area contributed by atoms with E-state index in [1.54, 1.807) is 0 Å². The maximum atomic E-state index is 12.0. The Bertz CT molecular complexity index is 1620. The molecule has 0 amide bonds. The van der Waals surface area contributed by atoms with E-state index in [0.717, 1.165) is 109 Å². The van der Waals surface area contributed by atoms with Crippen molar-refractivity contribution in [2.45, 2.75) is 187 Å². The van der Waals surface area contributed by atoms with E-state index in [2.05, 4.69) is 52.2 Å². The second-order valence-corrected chi connectivity index (χ2v) is 23.9. The van der Waals surface area contributed by atoms with Crippen LogP contribution < -0.4 is 10.6 Å². The average Bonchev–Trinajstić information content (AvgIpc) is 3.72. The molecule has 0 bridgehead atoms. The predicted octanol–water partition coefficient (Wildman–Crippen LogP) is 7.46. The zero-order chi connectivity index (χ0) is 42.0. The number of hydrogen-bond donors (Lipinski definition) is 8. The van der Waals surface area contributed by atoms with Crippen LogP contribution in [0.3, 0.4) is 0 Å². The Kier molecular flexibility index (Phi) is 11.3. The first-order valence-corrected chi connectivity index (χ1v) is 24.7. The summed E-state index contributed by atoms with van der Waals surface area (Å²) in [6.45, 7) is 15.9. The Morgan fingerprint density at radius 1 is 0.712 bits per heavy atom. The molecule has 0 spiro atoms. The normalized spacial score (nSPS) is 54.5. The Morgan fingerprint density at radius 2 is 1.25 bits per heavy atom. The van der Waals surface area contributed by atoms with Crippen molar-refractivity contribution in [3.8, 4) is 0 Å². The predicted molar refractivity (Wildman–Crippen MR) is 229 cm³/mol. The monoisotopic (exact) mass is 823 g/mol. The van der Waals surface area contributed by atoms with Gasteiger partial charge in [-0.15, -0.1) is 0 Å². The molecule has 9 aliphatic rings. The van der Waals surface area contributed by atoms with Gasteiger partial charge >= 0.3 is 5.97 Å². The third kappa shape index (κ3) is 6.59. The minimum Gasteiger partial charge on any atom is -0.512 e. The lowest BCUT2D eigenvalue weighted by molar-refractivity contribution is -0.202. The molecule has 59 heavy (non-hydrogen) atoms. The Hall–Kier alpha value is -1.23. The van der Waals surface area contributed by atoms with Gasteiger partial charge in [-0.3, -0.25) is 4.79 Å². The van der Waals surface area contributed by atoms with Gasteiger partial charge in [0.2, 0.25) is 0 Å². The van der Waals surface area contributed by atoms with Gasteiger partial charge < -0.3 is 41.3 Å². The number of fused-ring (bicyclic) bond motifs is 12. The lowest BCUT2D eigenvalue weighted by Crippen LogP contribution is -2.63. The molecule has 8 saturated carbocycles. The average molecular weight is 823 g/mol. The maximum Gasteiger partial charge on any atom is 0.303 e. The summed E-state index contributed by atoms with van der Waals surface area (Å²) in [6, 6.07) is 0.875. The van der Waals surface area contributed by atoms with E-state index in [1.807, 2.05) is 0 Å².